The summed E-state index contributed by atoms with van der Waals surface area (Å²) in [6, 6.07) is 0. The van der Waals surface area contributed by atoms with Crippen molar-refractivity contribution in [3.05, 3.63) is 12.2 Å². The Labute approximate surface area is 91.1 Å². The molecular weight excluding hydrogens is 192 g/mol. The van der Waals surface area contributed by atoms with Crippen LogP contribution in [-0.4, -0.2) is 30.7 Å². The highest BCUT2D eigenvalue weighted by Gasteiger charge is 2.21. The van der Waals surface area contributed by atoms with E-state index in [1.807, 2.05) is 6.08 Å². The van der Waals surface area contributed by atoms with E-state index in [-0.39, 0.29) is 18.3 Å². The van der Waals surface area contributed by atoms with Gasteiger partial charge in [-0.05, 0) is 32.1 Å². The number of rotatable bonds is 4. The van der Waals surface area contributed by atoms with Gasteiger partial charge < -0.3 is 14.6 Å². The van der Waals surface area contributed by atoms with Crippen LogP contribution in [0.4, 0.5) is 0 Å². The van der Waals surface area contributed by atoms with E-state index in [1.165, 1.54) is 6.42 Å². The lowest BCUT2D eigenvalue weighted by molar-refractivity contribution is -0.164. The maximum absolute atomic E-state index is 9.58. The summed E-state index contributed by atoms with van der Waals surface area (Å²) < 4.78 is 11.1. The van der Waals surface area contributed by atoms with Crippen molar-refractivity contribution in [2.24, 2.45) is 5.92 Å². The average Bonchev–Trinajstić information content (AvgIpc) is 2.66. The average molecular weight is 212 g/mol. The van der Waals surface area contributed by atoms with Crippen molar-refractivity contribution in [2.75, 3.05) is 13.2 Å². The van der Waals surface area contributed by atoms with E-state index >= 15 is 0 Å². The number of hydrogen-bond acceptors (Lipinski definition) is 3. The summed E-state index contributed by atoms with van der Waals surface area (Å²) in [6.07, 6.45) is 9.02. The molecule has 0 bridgehead atoms. The number of aliphatic hydroxyl groups excluding tert-OH is 1. The third-order valence-corrected chi connectivity index (χ3v) is 3.15. The summed E-state index contributed by atoms with van der Waals surface area (Å²) in [5.41, 5.74) is 0. The molecule has 1 aliphatic carbocycles. The van der Waals surface area contributed by atoms with Gasteiger partial charge >= 0.3 is 0 Å². The van der Waals surface area contributed by atoms with Gasteiger partial charge in [-0.3, -0.25) is 0 Å². The minimum Gasteiger partial charge on any atom is -0.392 e. The van der Waals surface area contributed by atoms with Gasteiger partial charge in [0.05, 0.1) is 12.7 Å². The Bertz CT molecular complexity index is 209. The lowest BCUT2D eigenvalue weighted by Crippen LogP contribution is -2.24. The molecule has 1 heterocycles. The highest BCUT2D eigenvalue weighted by atomic mass is 16.7. The van der Waals surface area contributed by atoms with Gasteiger partial charge in [-0.1, -0.05) is 12.2 Å². The summed E-state index contributed by atoms with van der Waals surface area (Å²) in [5, 5.41) is 9.58. The summed E-state index contributed by atoms with van der Waals surface area (Å²) in [5.74, 6) is 0.286. The molecule has 3 unspecified atom stereocenters. The highest BCUT2D eigenvalue weighted by molar-refractivity contribution is 5.01. The maximum Gasteiger partial charge on any atom is 0.157 e. The van der Waals surface area contributed by atoms with E-state index in [4.69, 9.17) is 9.47 Å². The normalized spacial score (nSPS) is 35.9. The van der Waals surface area contributed by atoms with Crippen LogP contribution >= 0.6 is 0 Å². The van der Waals surface area contributed by atoms with E-state index in [0.29, 0.717) is 6.61 Å². The van der Waals surface area contributed by atoms with Gasteiger partial charge in [0.2, 0.25) is 0 Å². The lowest BCUT2D eigenvalue weighted by atomic mass is 10.0. The minimum absolute atomic E-state index is 0.00118. The Kier molecular flexibility index (Phi) is 4.18. The molecule has 0 spiro atoms. The van der Waals surface area contributed by atoms with E-state index in [0.717, 1.165) is 32.3 Å². The second kappa shape index (κ2) is 5.64. The zero-order valence-corrected chi connectivity index (χ0v) is 9.10. The molecule has 1 aliphatic heterocycles. The fraction of sp³-hybridized carbons (Fsp3) is 0.833. The monoisotopic (exact) mass is 212 g/mol. The second-order valence-electron chi connectivity index (χ2n) is 4.35. The van der Waals surface area contributed by atoms with Gasteiger partial charge in [-0.2, -0.15) is 0 Å². The van der Waals surface area contributed by atoms with Gasteiger partial charge in [0.15, 0.2) is 6.29 Å². The quantitative estimate of drug-likeness (QED) is 0.723. The maximum atomic E-state index is 9.58. The predicted molar refractivity (Wildman–Crippen MR) is 57.4 cm³/mol. The molecule has 3 atom stereocenters. The van der Waals surface area contributed by atoms with E-state index < -0.39 is 0 Å². The number of hydrogen-bond donors (Lipinski definition) is 1. The second-order valence-corrected chi connectivity index (χ2v) is 4.35. The molecule has 2 aliphatic rings. The number of aliphatic hydroxyl groups is 1. The van der Waals surface area contributed by atoms with Gasteiger partial charge in [0.25, 0.3) is 0 Å². The molecule has 0 radical (unpaired) electrons. The van der Waals surface area contributed by atoms with E-state index in [9.17, 15) is 5.11 Å². The van der Waals surface area contributed by atoms with Crippen molar-refractivity contribution in [1.29, 1.82) is 0 Å². The molecule has 3 heteroatoms. The summed E-state index contributed by atoms with van der Waals surface area (Å²) in [4.78, 5) is 0. The van der Waals surface area contributed by atoms with Crippen molar-refractivity contribution in [1.82, 2.24) is 0 Å². The summed E-state index contributed by atoms with van der Waals surface area (Å²) in [7, 11) is 0. The third-order valence-electron chi connectivity index (χ3n) is 3.15. The molecule has 0 amide bonds. The summed E-state index contributed by atoms with van der Waals surface area (Å²) in [6.45, 7) is 1.52. The van der Waals surface area contributed by atoms with Crippen molar-refractivity contribution in [3.63, 3.8) is 0 Å². The van der Waals surface area contributed by atoms with Crippen LogP contribution in [0.15, 0.2) is 12.2 Å². The molecule has 0 aromatic heterocycles. The first-order valence-electron chi connectivity index (χ1n) is 5.94. The van der Waals surface area contributed by atoms with Crippen LogP contribution < -0.4 is 0 Å². The molecule has 86 valence electrons. The zero-order chi connectivity index (χ0) is 10.5. The molecule has 1 N–H and O–H groups in total. The molecule has 1 fully saturated rings. The van der Waals surface area contributed by atoms with Gasteiger partial charge in [0.1, 0.15) is 0 Å². The smallest absolute Gasteiger partial charge is 0.157 e. The van der Waals surface area contributed by atoms with Gasteiger partial charge in [-0.25, -0.2) is 0 Å². The molecule has 15 heavy (non-hydrogen) atoms. The van der Waals surface area contributed by atoms with Crippen molar-refractivity contribution in [3.8, 4) is 0 Å². The first kappa shape index (κ1) is 11.1. The van der Waals surface area contributed by atoms with Gasteiger partial charge in [0, 0.05) is 12.5 Å². The fourth-order valence-corrected chi connectivity index (χ4v) is 2.16. The molecule has 2 rings (SSSR count). The van der Waals surface area contributed by atoms with Crippen LogP contribution in [0, 0.1) is 5.92 Å². The Balaban J connectivity index is 1.59. The minimum atomic E-state index is -0.194. The standard InChI is InChI=1S/C12H20O3/c13-11-5-3-4-10(11)7-9-15-12-6-1-2-8-14-12/h3-4,10-13H,1-2,5-9H2. The SMILES string of the molecule is OC1CC=CC1CCOC1CCCCO1. The van der Waals surface area contributed by atoms with Crippen LogP contribution in [0.1, 0.15) is 32.1 Å². The van der Waals surface area contributed by atoms with Crippen LogP contribution in [0.5, 0.6) is 0 Å². The molecule has 0 aromatic carbocycles. The third kappa shape index (κ3) is 3.30. The fourth-order valence-electron chi connectivity index (χ4n) is 2.16. The molecule has 1 saturated heterocycles. The number of ether oxygens (including phenoxy) is 2. The Morgan fingerprint density at radius 2 is 2.33 bits per heavy atom. The Hall–Kier alpha value is -0.380. The van der Waals surface area contributed by atoms with Crippen molar-refractivity contribution >= 4 is 0 Å². The highest BCUT2D eigenvalue weighted by Crippen LogP contribution is 2.22. The lowest BCUT2D eigenvalue weighted by Gasteiger charge is -2.23. The van der Waals surface area contributed by atoms with Gasteiger partial charge in [-0.15, -0.1) is 0 Å². The summed E-state index contributed by atoms with van der Waals surface area (Å²) >= 11 is 0. The van der Waals surface area contributed by atoms with Crippen LogP contribution in [0.25, 0.3) is 0 Å². The largest absolute Gasteiger partial charge is 0.392 e. The molecule has 3 nitrogen and oxygen atoms in total. The molecule has 0 aromatic rings. The molecular formula is C12H20O3. The van der Waals surface area contributed by atoms with Crippen LogP contribution in [0.3, 0.4) is 0 Å². The first-order chi connectivity index (χ1) is 7.36. The Morgan fingerprint density at radius 1 is 1.40 bits per heavy atom. The Morgan fingerprint density at radius 3 is 3.00 bits per heavy atom. The predicted octanol–water partition coefficient (Wildman–Crippen LogP) is 1.86. The van der Waals surface area contributed by atoms with E-state index in [2.05, 4.69) is 6.08 Å². The van der Waals surface area contributed by atoms with Crippen molar-refractivity contribution < 1.29 is 14.6 Å². The van der Waals surface area contributed by atoms with Crippen molar-refractivity contribution in [2.45, 2.75) is 44.5 Å². The molecule has 0 saturated carbocycles. The first-order valence-corrected chi connectivity index (χ1v) is 5.94. The van der Waals surface area contributed by atoms with E-state index in [1.54, 1.807) is 0 Å². The van der Waals surface area contributed by atoms with Crippen LogP contribution in [-0.2, 0) is 9.47 Å². The van der Waals surface area contributed by atoms with Crippen LogP contribution in [0.2, 0.25) is 0 Å². The zero-order valence-electron chi connectivity index (χ0n) is 9.10. The topological polar surface area (TPSA) is 38.7 Å².